The maximum Gasteiger partial charge on any atom is 0.146 e. The third-order valence-electron chi connectivity index (χ3n) is 2.93. The average Bonchev–Trinajstić information content (AvgIpc) is 2.27. The number of hydrogen-bond donors (Lipinski definition) is 1. The number of benzene rings is 1. The summed E-state index contributed by atoms with van der Waals surface area (Å²) in [6, 6.07) is 4.42. The summed E-state index contributed by atoms with van der Waals surface area (Å²) < 4.78 is 5.80. The number of ether oxygens (including phenoxy) is 1. The Morgan fingerprint density at radius 3 is 2.87 bits per heavy atom. The number of nitrogens with one attached hydrogen (secondary N) is 1. The number of aryl methyl sites for hydroxylation is 1. The highest BCUT2D eigenvalue weighted by molar-refractivity contribution is 5.67. The number of fused-ring (bicyclic) bond motifs is 1. The second kappa shape index (κ2) is 4.13. The Bertz CT molecular complexity index is 358. The fourth-order valence-electron chi connectivity index (χ4n) is 2.07. The van der Waals surface area contributed by atoms with Crippen LogP contribution in [0.5, 0.6) is 5.75 Å². The normalized spacial score (nSPS) is 14.4. The monoisotopic (exact) mass is 205 g/mol. The largest absolute Gasteiger partial charge is 0.489 e. The molecule has 0 amide bonds. The number of rotatable bonds is 2. The highest BCUT2D eigenvalue weighted by Crippen LogP contribution is 2.38. The Kier molecular flexibility index (Phi) is 2.85. The molecular weight excluding hydrogens is 186 g/mol. The molecule has 0 aliphatic carbocycles. The van der Waals surface area contributed by atoms with Gasteiger partial charge in [-0.2, -0.15) is 0 Å². The van der Waals surface area contributed by atoms with Crippen molar-refractivity contribution in [2.45, 2.75) is 33.1 Å². The van der Waals surface area contributed by atoms with Crippen LogP contribution in [0.25, 0.3) is 0 Å². The molecule has 0 fully saturated rings. The first-order valence-electron chi connectivity index (χ1n) is 5.76. The minimum atomic E-state index is 0.518. The molecule has 1 aliphatic heterocycles. The van der Waals surface area contributed by atoms with E-state index in [1.54, 1.807) is 0 Å². The maximum atomic E-state index is 5.80. The van der Waals surface area contributed by atoms with Gasteiger partial charge in [-0.25, -0.2) is 0 Å². The van der Waals surface area contributed by atoms with Crippen molar-refractivity contribution < 1.29 is 4.74 Å². The Labute approximate surface area is 91.6 Å². The van der Waals surface area contributed by atoms with Crippen LogP contribution >= 0.6 is 0 Å². The van der Waals surface area contributed by atoms with Crippen LogP contribution in [-0.2, 0) is 6.42 Å². The van der Waals surface area contributed by atoms with E-state index in [4.69, 9.17) is 4.74 Å². The highest BCUT2D eigenvalue weighted by atomic mass is 16.5. The third kappa shape index (κ3) is 1.81. The first kappa shape index (κ1) is 10.3. The van der Waals surface area contributed by atoms with Crippen LogP contribution in [0.2, 0.25) is 0 Å². The molecule has 0 saturated heterocycles. The van der Waals surface area contributed by atoms with E-state index in [9.17, 15) is 0 Å². The van der Waals surface area contributed by atoms with E-state index in [-0.39, 0.29) is 0 Å². The fraction of sp³-hybridized carbons (Fsp3) is 0.538. The van der Waals surface area contributed by atoms with Crippen molar-refractivity contribution in [3.8, 4) is 5.75 Å². The minimum Gasteiger partial charge on any atom is -0.489 e. The second-order valence-electron chi connectivity index (χ2n) is 4.30. The zero-order valence-corrected chi connectivity index (χ0v) is 9.76. The molecule has 2 rings (SSSR count). The topological polar surface area (TPSA) is 21.3 Å². The van der Waals surface area contributed by atoms with Gasteiger partial charge >= 0.3 is 0 Å². The van der Waals surface area contributed by atoms with Gasteiger partial charge in [-0.05, 0) is 23.5 Å². The van der Waals surface area contributed by atoms with Crippen molar-refractivity contribution in [2.75, 3.05) is 18.5 Å². The van der Waals surface area contributed by atoms with Crippen LogP contribution in [0.15, 0.2) is 12.1 Å². The minimum absolute atomic E-state index is 0.518. The first-order valence-corrected chi connectivity index (χ1v) is 5.76. The molecular formula is C13H19NO. The summed E-state index contributed by atoms with van der Waals surface area (Å²) in [5.74, 6) is 1.60. The Morgan fingerprint density at radius 2 is 2.20 bits per heavy atom. The van der Waals surface area contributed by atoms with Crippen LogP contribution in [0.1, 0.15) is 37.8 Å². The molecule has 0 aromatic heterocycles. The molecule has 2 nitrogen and oxygen atoms in total. The SMILES string of the molecule is CCc1ccc(C(C)C)c2c1NCCO2. The van der Waals surface area contributed by atoms with Crippen molar-refractivity contribution in [1.82, 2.24) is 0 Å². The lowest BCUT2D eigenvalue weighted by molar-refractivity contribution is 0.318. The van der Waals surface area contributed by atoms with Gasteiger partial charge < -0.3 is 10.1 Å². The van der Waals surface area contributed by atoms with E-state index in [0.717, 1.165) is 25.3 Å². The predicted molar refractivity (Wildman–Crippen MR) is 63.9 cm³/mol. The molecule has 1 N–H and O–H groups in total. The molecule has 1 aliphatic rings. The van der Waals surface area contributed by atoms with Gasteiger partial charge in [0.15, 0.2) is 0 Å². The van der Waals surface area contributed by atoms with Gasteiger partial charge in [-0.15, -0.1) is 0 Å². The molecule has 0 spiro atoms. The van der Waals surface area contributed by atoms with Gasteiger partial charge in [0.2, 0.25) is 0 Å². The van der Waals surface area contributed by atoms with Gasteiger partial charge in [0, 0.05) is 6.54 Å². The molecule has 0 radical (unpaired) electrons. The molecule has 0 saturated carbocycles. The molecule has 0 unspecified atom stereocenters. The first-order chi connectivity index (χ1) is 7.24. The van der Waals surface area contributed by atoms with Gasteiger partial charge in [-0.3, -0.25) is 0 Å². The van der Waals surface area contributed by atoms with E-state index in [2.05, 4.69) is 38.2 Å². The average molecular weight is 205 g/mol. The molecule has 15 heavy (non-hydrogen) atoms. The molecule has 2 heteroatoms. The fourth-order valence-corrected chi connectivity index (χ4v) is 2.07. The quantitative estimate of drug-likeness (QED) is 0.800. The van der Waals surface area contributed by atoms with Crippen molar-refractivity contribution in [2.24, 2.45) is 0 Å². The standard InChI is InChI=1S/C13H19NO/c1-4-10-5-6-11(9(2)3)13-12(10)14-7-8-15-13/h5-6,9,14H,4,7-8H2,1-3H3. The van der Waals surface area contributed by atoms with E-state index in [1.807, 2.05) is 0 Å². The molecule has 82 valence electrons. The summed E-state index contributed by atoms with van der Waals surface area (Å²) in [5, 5.41) is 3.45. The molecule has 1 aromatic rings. The van der Waals surface area contributed by atoms with E-state index in [1.165, 1.54) is 16.8 Å². The predicted octanol–water partition coefficient (Wildman–Crippen LogP) is 3.18. The third-order valence-corrected chi connectivity index (χ3v) is 2.93. The number of hydrogen-bond acceptors (Lipinski definition) is 2. The van der Waals surface area contributed by atoms with Crippen molar-refractivity contribution in [3.05, 3.63) is 23.3 Å². The summed E-state index contributed by atoms with van der Waals surface area (Å²) in [5.41, 5.74) is 3.89. The molecule has 0 atom stereocenters. The molecule has 1 heterocycles. The highest BCUT2D eigenvalue weighted by Gasteiger charge is 2.18. The smallest absolute Gasteiger partial charge is 0.146 e. The zero-order chi connectivity index (χ0) is 10.8. The molecule has 1 aromatic carbocycles. The van der Waals surface area contributed by atoms with Crippen molar-refractivity contribution in [3.63, 3.8) is 0 Å². The summed E-state index contributed by atoms with van der Waals surface area (Å²) in [6.07, 6.45) is 1.05. The van der Waals surface area contributed by atoms with Crippen LogP contribution in [0, 0.1) is 0 Å². The lowest BCUT2D eigenvalue weighted by Crippen LogP contribution is -2.20. The number of anilines is 1. The summed E-state index contributed by atoms with van der Waals surface area (Å²) in [6.45, 7) is 8.29. The van der Waals surface area contributed by atoms with Crippen LogP contribution in [-0.4, -0.2) is 13.2 Å². The van der Waals surface area contributed by atoms with E-state index in [0.29, 0.717) is 5.92 Å². The second-order valence-corrected chi connectivity index (χ2v) is 4.30. The summed E-state index contributed by atoms with van der Waals surface area (Å²) >= 11 is 0. The van der Waals surface area contributed by atoms with Crippen LogP contribution < -0.4 is 10.1 Å². The van der Waals surface area contributed by atoms with Crippen LogP contribution in [0.3, 0.4) is 0 Å². The van der Waals surface area contributed by atoms with Gasteiger partial charge in [0.05, 0.1) is 5.69 Å². The van der Waals surface area contributed by atoms with Crippen molar-refractivity contribution in [1.29, 1.82) is 0 Å². The summed E-state index contributed by atoms with van der Waals surface area (Å²) in [7, 11) is 0. The lowest BCUT2D eigenvalue weighted by Gasteiger charge is -2.25. The Balaban J connectivity index is 2.52. The van der Waals surface area contributed by atoms with Gasteiger partial charge in [-0.1, -0.05) is 32.9 Å². The maximum absolute atomic E-state index is 5.80. The van der Waals surface area contributed by atoms with Gasteiger partial charge in [0.25, 0.3) is 0 Å². The zero-order valence-electron chi connectivity index (χ0n) is 9.76. The molecule has 0 bridgehead atoms. The Hall–Kier alpha value is -1.18. The van der Waals surface area contributed by atoms with Crippen molar-refractivity contribution >= 4 is 5.69 Å². The summed E-state index contributed by atoms with van der Waals surface area (Å²) in [4.78, 5) is 0. The van der Waals surface area contributed by atoms with Gasteiger partial charge in [0.1, 0.15) is 12.4 Å². The van der Waals surface area contributed by atoms with E-state index < -0.39 is 0 Å². The lowest BCUT2D eigenvalue weighted by atomic mass is 9.97. The Morgan fingerprint density at radius 1 is 1.40 bits per heavy atom. The van der Waals surface area contributed by atoms with E-state index >= 15 is 0 Å². The van der Waals surface area contributed by atoms with Crippen LogP contribution in [0.4, 0.5) is 5.69 Å².